The van der Waals surface area contributed by atoms with E-state index >= 15 is 0 Å². The molecule has 1 aromatic carbocycles. The summed E-state index contributed by atoms with van der Waals surface area (Å²) in [5.41, 5.74) is 5.58. The van der Waals surface area contributed by atoms with Gasteiger partial charge in [0.1, 0.15) is 17.7 Å². The molecule has 7 nitrogen and oxygen atoms in total. The highest BCUT2D eigenvalue weighted by Gasteiger charge is 2.40. The molecule has 1 saturated heterocycles. The molecule has 2 fully saturated rings. The number of anilines is 1. The average Bonchev–Trinajstić information content (AvgIpc) is 3.39. The van der Waals surface area contributed by atoms with E-state index in [-0.39, 0.29) is 42.9 Å². The lowest BCUT2D eigenvalue weighted by atomic mass is 10.1. The van der Waals surface area contributed by atoms with E-state index in [9.17, 15) is 23.2 Å². The Kier molecular flexibility index (Phi) is 6.72. The predicted octanol–water partition coefficient (Wildman–Crippen LogP) is 1.45. The van der Waals surface area contributed by atoms with Crippen molar-refractivity contribution in [1.82, 2.24) is 10.6 Å². The molecule has 1 aliphatic carbocycles. The number of nitrogens with one attached hydrogen (secondary N) is 2. The first-order valence-electron chi connectivity index (χ1n) is 8.48. The average molecular weight is 403 g/mol. The number of benzene rings is 1. The van der Waals surface area contributed by atoms with Crippen LogP contribution in [0.15, 0.2) is 18.2 Å². The summed E-state index contributed by atoms with van der Waals surface area (Å²) in [6.07, 6.45) is 2.26. The highest BCUT2D eigenvalue weighted by molar-refractivity contribution is 6.21. The number of hydrogen-bond acceptors (Lipinski definition) is 4. The van der Waals surface area contributed by atoms with Gasteiger partial charge >= 0.3 is 6.03 Å². The summed E-state index contributed by atoms with van der Waals surface area (Å²) in [5, 5.41) is 5.12. The van der Waals surface area contributed by atoms with E-state index in [1.54, 1.807) is 0 Å². The second kappa shape index (κ2) is 8.62. The van der Waals surface area contributed by atoms with Gasteiger partial charge in [-0.15, -0.1) is 12.4 Å². The van der Waals surface area contributed by atoms with Crippen LogP contribution in [0.1, 0.15) is 25.7 Å². The monoisotopic (exact) mass is 402 g/mol. The fraction of sp³-hybridized carbons (Fsp3) is 0.471. The molecule has 0 radical (unpaired) electrons. The van der Waals surface area contributed by atoms with Crippen molar-refractivity contribution >= 4 is 35.9 Å². The van der Waals surface area contributed by atoms with E-state index in [1.807, 2.05) is 0 Å². The van der Waals surface area contributed by atoms with Gasteiger partial charge in [0.05, 0.1) is 5.69 Å². The Bertz CT molecular complexity index is 745. The van der Waals surface area contributed by atoms with Crippen LogP contribution in [0.2, 0.25) is 0 Å². The minimum absolute atomic E-state index is 0. The summed E-state index contributed by atoms with van der Waals surface area (Å²) in [4.78, 5) is 36.8. The second-order valence-electron chi connectivity index (χ2n) is 6.62. The van der Waals surface area contributed by atoms with Crippen LogP contribution >= 0.6 is 12.4 Å². The number of hydrogen-bond donors (Lipinski definition) is 3. The number of carbonyl (C=O) groups excluding carboxylic acids is 3. The SMILES string of the molecule is Cl.NC(CNC(=O)CCC1NC(=O)N(c2ccc(F)cc2F)C1=O)C1CC1. The number of carbonyl (C=O) groups is 3. The summed E-state index contributed by atoms with van der Waals surface area (Å²) < 4.78 is 26.8. The molecule has 148 valence electrons. The Balaban J connectivity index is 0.00000261. The van der Waals surface area contributed by atoms with E-state index < -0.39 is 29.6 Å². The highest BCUT2D eigenvalue weighted by Crippen LogP contribution is 2.31. The first-order valence-corrected chi connectivity index (χ1v) is 8.48. The normalized spacial score (nSPS) is 20.1. The van der Waals surface area contributed by atoms with Crippen molar-refractivity contribution < 1.29 is 23.2 Å². The van der Waals surface area contributed by atoms with Crippen LogP contribution in [0.25, 0.3) is 0 Å². The number of nitrogens with zero attached hydrogens (tertiary/aromatic N) is 1. The Hall–Kier alpha value is -2.26. The minimum Gasteiger partial charge on any atom is -0.355 e. The maximum atomic E-state index is 13.8. The van der Waals surface area contributed by atoms with Crippen molar-refractivity contribution in [3.05, 3.63) is 29.8 Å². The van der Waals surface area contributed by atoms with Crippen LogP contribution < -0.4 is 21.3 Å². The fourth-order valence-electron chi connectivity index (χ4n) is 2.90. The number of halogens is 3. The molecule has 0 spiro atoms. The third kappa shape index (κ3) is 4.92. The summed E-state index contributed by atoms with van der Waals surface area (Å²) in [6.45, 7) is 0.376. The summed E-state index contributed by atoms with van der Waals surface area (Å²) in [7, 11) is 0. The van der Waals surface area contributed by atoms with Crippen molar-refractivity contribution in [2.75, 3.05) is 11.4 Å². The lowest BCUT2D eigenvalue weighted by molar-refractivity contribution is -0.121. The molecule has 0 bridgehead atoms. The first-order chi connectivity index (χ1) is 12.4. The van der Waals surface area contributed by atoms with Crippen LogP contribution in [-0.2, 0) is 9.59 Å². The number of nitrogens with two attached hydrogens (primary N) is 1. The molecule has 4 amide bonds. The zero-order valence-corrected chi connectivity index (χ0v) is 15.2. The molecule has 2 aliphatic rings. The Morgan fingerprint density at radius 2 is 2.04 bits per heavy atom. The Labute approximate surface area is 161 Å². The highest BCUT2D eigenvalue weighted by atomic mass is 35.5. The van der Waals surface area contributed by atoms with E-state index in [0.29, 0.717) is 23.4 Å². The molecule has 0 aromatic heterocycles. The van der Waals surface area contributed by atoms with Crippen molar-refractivity contribution in [3.8, 4) is 0 Å². The Morgan fingerprint density at radius 3 is 2.67 bits per heavy atom. The van der Waals surface area contributed by atoms with Crippen LogP contribution in [0.4, 0.5) is 19.3 Å². The smallest absolute Gasteiger partial charge is 0.329 e. The topological polar surface area (TPSA) is 105 Å². The van der Waals surface area contributed by atoms with Gasteiger partial charge < -0.3 is 16.4 Å². The van der Waals surface area contributed by atoms with Gasteiger partial charge in [-0.1, -0.05) is 0 Å². The number of rotatable bonds is 7. The molecule has 1 heterocycles. The lowest BCUT2D eigenvalue weighted by Gasteiger charge is -2.14. The van der Waals surface area contributed by atoms with Crippen LogP contribution in [0, 0.1) is 17.6 Å². The van der Waals surface area contributed by atoms with E-state index in [0.717, 1.165) is 25.0 Å². The zero-order chi connectivity index (χ0) is 18.8. The van der Waals surface area contributed by atoms with Gasteiger partial charge in [-0.3, -0.25) is 9.59 Å². The summed E-state index contributed by atoms with van der Waals surface area (Å²) in [6, 6.07) is 0.777. The standard InChI is InChI=1S/C17H20F2N4O3.ClH/c18-10-3-5-14(11(19)7-10)23-16(25)13(22-17(23)26)4-6-15(24)21-8-12(20)9-1-2-9;/h3,5,7,9,12-13H,1-2,4,6,8,20H2,(H,21,24)(H,22,26);1H. The molecule has 1 saturated carbocycles. The molecular formula is C17H21ClF2N4O3. The lowest BCUT2D eigenvalue weighted by Crippen LogP contribution is -2.39. The first kappa shape index (κ1) is 21.0. The van der Waals surface area contributed by atoms with Crippen molar-refractivity contribution in [3.63, 3.8) is 0 Å². The summed E-state index contributed by atoms with van der Waals surface area (Å²) in [5.74, 6) is -2.31. The molecule has 3 rings (SSSR count). The zero-order valence-electron chi connectivity index (χ0n) is 14.4. The molecule has 1 aromatic rings. The fourth-order valence-corrected chi connectivity index (χ4v) is 2.90. The van der Waals surface area contributed by atoms with Crippen LogP contribution in [-0.4, -0.2) is 36.5 Å². The predicted molar refractivity (Wildman–Crippen MR) is 96.4 cm³/mol. The van der Waals surface area contributed by atoms with Crippen LogP contribution in [0.3, 0.4) is 0 Å². The van der Waals surface area contributed by atoms with Crippen molar-refractivity contribution in [2.45, 2.75) is 37.8 Å². The molecule has 27 heavy (non-hydrogen) atoms. The maximum Gasteiger partial charge on any atom is 0.329 e. The molecule has 2 unspecified atom stereocenters. The van der Waals surface area contributed by atoms with Gasteiger partial charge in [-0.25, -0.2) is 18.5 Å². The summed E-state index contributed by atoms with van der Waals surface area (Å²) >= 11 is 0. The minimum atomic E-state index is -1.01. The Morgan fingerprint density at radius 1 is 1.33 bits per heavy atom. The number of imide groups is 1. The van der Waals surface area contributed by atoms with Gasteiger partial charge in [0.25, 0.3) is 5.91 Å². The molecular weight excluding hydrogens is 382 g/mol. The third-order valence-electron chi connectivity index (χ3n) is 4.59. The largest absolute Gasteiger partial charge is 0.355 e. The van der Waals surface area contributed by atoms with E-state index in [1.165, 1.54) is 0 Å². The van der Waals surface area contributed by atoms with Crippen molar-refractivity contribution in [1.29, 1.82) is 0 Å². The van der Waals surface area contributed by atoms with Gasteiger partial charge in [0.15, 0.2) is 0 Å². The van der Waals surface area contributed by atoms with Gasteiger partial charge in [-0.2, -0.15) is 0 Å². The number of amides is 4. The molecule has 4 N–H and O–H groups in total. The second-order valence-corrected chi connectivity index (χ2v) is 6.62. The maximum absolute atomic E-state index is 13.8. The number of urea groups is 1. The van der Waals surface area contributed by atoms with Gasteiger partial charge in [0, 0.05) is 25.1 Å². The molecule has 1 aliphatic heterocycles. The van der Waals surface area contributed by atoms with Crippen molar-refractivity contribution in [2.24, 2.45) is 11.7 Å². The molecule has 10 heteroatoms. The quantitative estimate of drug-likeness (QED) is 0.600. The molecule has 2 atom stereocenters. The van der Waals surface area contributed by atoms with E-state index in [4.69, 9.17) is 5.73 Å². The van der Waals surface area contributed by atoms with Gasteiger partial charge in [0.2, 0.25) is 5.91 Å². The third-order valence-corrected chi connectivity index (χ3v) is 4.59. The van der Waals surface area contributed by atoms with Crippen LogP contribution in [0.5, 0.6) is 0 Å². The van der Waals surface area contributed by atoms with E-state index in [2.05, 4.69) is 10.6 Å². The van der Waals surface area contributed by atoms with Gasteiger partial charge in [-0.05, 0) is 37.3 Å².